The van der Waals surface area contributed by atoms with Gasteiger partial charge in [0.1, 0.15) is 17.1 Å². The first kappa shape index (κ1) is 23.8. The maximum Gasteiger partial charge on any atom is 0.273 e. The number of benzene rings is 3. The van der Waals surface area contributed by atoms with Gasteiger partial charge < -0.3 is 19.8 Å². The molecule has 0 spiro atoms. The minimum Gasteiger partial charge on any atom is -0.507 e. The number of aromatic hydroxyl groups is 2. The van der Waals surface area contributed by atoms with Crippen LogP contribution in [0.25, 0.3) is 11.3 Å². The van der Waals surface area contributed by atoms with Crippen molar-refractivity contribution in [1.82, 2.24) is 15.1 Å². The number of phenols is 2. The number of H-pyrrole nitrogens is 1. The van der Waals surface area contributed by atoms with E-state index in [4.69, 9.17) is 16.3 Å². The van der Waals surface area contributed by atoms with E-state index in [1.807, 2.05) is 51.1 Å². The van der Waals surface area contributed by atoms with E-state index >= 15 is 0 Å². The van der Waals surface area contributed by atoms with Crippen molar-refractivity contribution in [2.24, 2.45) is 0 Å². The Hall–Kier alpha value is -3.97. The number of carbonyl (C=O) groups excluding carboxylic acids is 1. The molecule has 0 aliphatic carbocycles. The Morgan fingerprint density at radius 1 is 1.11 bits per heavy atom. The third-order valence-electron chi connectivity index (χ3n) is 6.46. The van der Waals surface area contributed by atoms with Crippen molar-refractivity contribution in [2.75, 3.05) is 6.61 Å². The molecule has 184 valence electrons. The largest absolute Gasteiger partial charge is 0.507 e. The van der Waals surface area contributed by atoms with Gasteiger partial charge in [0.15, 0.2) is 11.5 Å². The second-order valence-corrected chi connectivity index (χ2v) is 9.33. The minimum atomic E-state index is -0.558. The summed E-state index contributed by atoms with van der Waals surface area (Å²) in [6, 6.07) is 15.7. The predicted molar refractivity (Wildman–Crippen MR) is 138 cm³/mol. The Kier molecular flexibility index (Phi) is 6.10. The quantitative estimate of drug-likeness (QED) is 0.304. The molecule has 0 radical (unpaired) electrons. The fraction of sp³-hybridized carbons (Fsp3) is 0.214. The van der Waals surface area contributed by atoms with Crippen LogP contribution in [0.1, 0.15) is 51.3 Å². The van der Waals surface area contributed by atoms with Gasteiger partial charge in [0.05, 0.1) is 12.6 Å². The van der Waals surface area contributed by atoms with Crippen LogP contribution in [0.5, 0.6) is 17.2 Å². The van der Waals surface area contributed by atoms with Crippen LogP contribution in [-0.4, -0.2) is 37.8 Å². The number of nitrogens with one attached hydrogen (secondary N) is 1. The van der Waals surface area contributed by atoms with Gasteiger partial charge in [-0.1, -0.05) is 41.9 Å². The number of halogens is 1. The summed E-state index contributed by atoms with van der Waals surface area (Å²) in [5.41, 5.74) is 5.28. The molecule has 1 aromatic heterocycles. The molecule has 0 saturated heterocycles. The first-order valence-electron chi connectivity index (χ1n) is 11.7. The molecule has 1 amide bonds. The van der Waals surface area contributed by atoms with Crippen molar-refractivity contribution >= 4 is 17.5 Å². The van der Waals surface area contributed by atoms with E-state index in [-0.39, 0.29) is 24.0 Å². The van der Waals surface area contributed by atoms with Crippen LogP contribution in [0.15, 0.2) is 54.6 Å². The molecular formula is C28H26ClN3O4. The highest BCUT2D eigenvalue weighted by Gasteiger charge is 2.43. The normalized spacial score (nSPS) is 14.8. The molecule has 7 nitrogen and oxygen atoms in total. The molecule has 2 heterocycles. The average molecular weight is 504 g/mol. The molecule has 1 aliphatic heterocycles. The number of nitrogens with zero attached hydrogens (tertiary/aromatic N) is 2. The van der Waals surface area contributed by atoms with Crippen molar-refractivity contribution in [3.63, 3.8) is 0 Å². The lowest BCUT2D eigenvalue weighted by atomic mass is 9.93. The van der Waals surface area contributed by atoms with Crippen LogP contribution >= 0.6 is 11.6 Å². The zero-order valence-electron chi connectivity index (χ0n) is 20.2. The summed E-state index contributed by atoms with van der Waals surface area (Å²) < 4.78 is 5.63. The molecule has 0 saturated carbocycles. The smallest absolute Gasteiger partial charge is 0.273 e. The second kappa shape index (κ2) is 9.24. The molecule has 1 aliphatic rings. The zero-order chi connectivity index (χ0) is 25.6. The number of amides is 1. The van der Waals surface area contributed by atoms with Gasteiger partial charge in [0.2, 0.25) is 0 Å². The number of phenolic OH excluding ortho intramolecular Hbond substituents is 2. The maximum atomic E-state index is 13.7. The molecular weight excluding hydrogens is 478 g/mol. The number of aryl methyl sites for hydroxylation is 2. The van der Waals surface area contributed by atoms with E-state index in [1.165, 1.54) is 0 Å². The van der Waals surface area contributed by atoms with Gasteiger partial charge in [-0.3, -0.25) is 9.89 Å². The molecule has 4 aromatic rings. The Morgan fingerprint density at radius 3 is 2.64 bits per heavy atom. The van der Waals surface area contributed by atoms with Crippen molar-refractivity contribution < 1.29 is 19.7 Å². The summed E-state index contributed by atoms with van der Waals surface area (Å²) in [6.45, 7) is 6.25. The number of ether oxygens (including phenoxy) is 1. The van der Waals surface area contributed by atoms with E-state index < -0.39 is 6.04 Å². The molecule has 0 bridgehead atoms. The van der Waals surface area contributed by atoms with Crippen molar-refractivity contribution in [3.8, 4) is 28.5 Å². The van der Waals surface area contributed by atoms with Crippen LogP contribution in [0.2, 0.25) is 5.02 Å². The van der Waals surface area contributed by atoms with E-state index in [1.54, 1.807) is 29.2 Å². The number of aromatic amines is 1. The molecule has 5 rings (SSSR count). The van der Waals surface area contributed by atoms with Gasteiger partial charge in [0, 0.05) is 22.7 Å². The Labute approximate surface area is 213 Å². The lowest BCUT2D eigenvalue weighted by Gasteiger charge is -2.27. The number of rotatable bonds is 6. The van der Waals surface area contributed by atoms with Crippen LogP contribution in [-0.2, 0) is 6.54 Å². The first-order valence-corrected chi connectivity index (χ1v) is 12.1. The van der Waals surface area contributed by atoms with Gasteiger partial charge in [0.25, 0.3) is 5.91 Å². The molecule has 0 fully saturated rings. The summed E-state index contributed by atoms with van der Waals surface area (Å²) in [6.07, 6.45) is 0. The van der Waals surface area contributed by atoms with Gasteiger partial charge in [-0.2, -0.15) is 5.10 Å². The molecule has 1 atom stereocenters. The van der Waals surface area contributed by atoms with E-state index in [2.05, 4.69) is 10.2 Å². The second-order valence-electron chi connectivity index (χ2n) is 8.93. The summed E-state index contributed by atoms with van der Waals surface area (Å²) in [4.78, 5) is 15.4. The van der Waals surface area contributed by atoms with Crippen LogP contribution in [0.3, 0.4) is 0 Å². The van der Waals surface area contributed by atoms with E-state index in [9.17, 15) is 15.0 Å². The van der Waals surface area contributed by atoms with Crippen LogP contribution in [0.4, 0.5) is 0 Å². The van der Waals surface area contributed by atoms with Crippen molar-refractivity contribution in [2.45, 2.75) is 33.4 Å². The number of hydrogen-bond donors (Lipinski definition) is 3. The van der Waals surface area contributed by atoms with Gasteiger partial charge in [-0.15, -0.1) is 0 Å². The Morgan fingerprint density at radius 2 is 1.89 bits per heavy atom. The average Bonchev–Trinajstić information content (AvgIpc) is 3.38. The monoisotopic (exact) mass is 503 g/mol. The maximum absolute atomic E-state index is 13.7. The highest BCUT2D eigenvalue weighted by Crippen LogP contribution is 2.47. The highest BCUT2D eigenvalue weighted by molar-refractivity contribution is 6.31. The van der Waals surface area contributed by atoms with E-state index in [0.717, 1.165) is 22.3 Å². The summed E-state index contributed by atoms with van der Waals surface area (Å²) in [7, 11) is 0. The van der Waals surface area contributed by atoms with Crippen LogP contribution in [0, 0.1) is 13.8 Å². The van der Waals surface area contributed by atoms with Crippen LogP contribution < -0.4 is 4.74 Å². The zero-order valence-corrected chi connectivity index (χ0v) is 20.9. The highest BCUT2D eigenvalue weighted by atomic mass is 35.5. The lowest BCUT2D eigenvalue weighted by Crippen LogP contribution is -2.29. The van der Waals surface area contributed by atoms with E-state index in [0.29, 0.717) is 39.9 Å². The Bertz CT molecular complexity index is 1480. The predicted octanol–water partition coefficient (Wildman–Crippen LogP) is 5.90. The molecule has 3 N–H and O–H groups in total. The number of aromatic nitrogens is 2. The SMILES string of the molecule is CCOc1cc(C2c3c(-c4cc(C)cc(C)c4O)n[nH]c3C(=O)N2Cc2ccccc2Cl)ccc1O. The van der Waals surface area contributed by atoms with Gasteiger partial charge >= 0.3 is 0 Å². The van der Waals surface area contributed by atoms with Crippen molar-refractivity contribution in [1.29, 1.82) is 0 Å². The minimum absolute atomic E-state index is 0.0159. The number of hydrogen-bond acceptors (Lipinski definition) is 5. The topological polar surface area (TPSA) is 98.7 Å². The number of fused-ring (bicyclic) bond motifs is 1. The summed E-state index contributed by atoms with van der Waals surface area (Å²) in [5.74, 6) is 0.227. The summed E-state index contributed by atoms with van der Waals surface area (Å²) in [5, 5.41) is 29.2. The third-order valence-corrected chi connectivity index (χ3v) is 6.83. The lowest BCUT2D eigenvalue weighted by molar-refractivity contribution is 0.0730. The van der Waals surface area contributed by atoms with Crippen molar-refractivity contribution in [3.05, 3.63) is 93.1 Å². The number of carbonyl (C=O) groups is 1. The molecule has 1 unspecified atom stereocenters. The fourth-order valence-corrected chi connectivity index (χ4v) is 5.03. The summed E-state index contributed by atoms with van der Waals surface area (Å²) >= 11 is 6.46. The third kappa shape index (κ3) is 3.95. The Balaban J connectivity index is 1.71. The molecule has 8 heteroatoms. The standard InChI is InChI=1S/C28H26ClN3O4/c1-4-36-22-13-17(9-10-21(22)33)26-23-24(19-12-15(2)11-16(3)27(19)34)30-31-25(23)28(35)32(26)14-18-7-5-6-8-20(18)29/h5-13,26,33-34H,4,14H2,1-3H3,(H,30,31). The van der Waals surface area contributed by atoms with Gasteiger partial charge in [-0.05, 0) is 67.3 Å². The molecule has 36 heavy (non-hydrogen) atoms. The molecule has 3 aromatic carbocycles. The first-order chi connectivity index (χ1) is 17.3. The van der Waals surface area contributed by atoms with Gasteiger partial charge in [-0.25, -0.2) is 0 Å². The fourth-order valence-electron chi connectivity index (χ4n) is 4.83.